The molecule has 0 bridgehead atoms. The number of benzene rings is 1. The van der Waals surface area contributed by atoms with Crippen LogP contribution in [0.25, 0.3) is 0 Å². The van der Waals surface area contributed by atoms with E-state index in [9.17, 15) is 9.90 Å². The van der Waals surface area contributed by atoms with E-state index >= 15 is 0 Å². The van der Waals surface area contributed by atoms with E-state index in [0.717, 1.165) is 5.56 Å². The Morgan fingerprint density at radius 3 is 2.44 bits per heavy atom. The quantitative estimate of drug-likeness (QED) is 0.677. The van der Waals surface area contributed by atoms with Gasteiger partial charge in [-0.05, 0) is 12.0 Å². The monoisotopic (exact) mass is 223 g/mol. The Balaban J connectivity index is 2.72. The number of carbonyl (C=O) groups is 1. The highest BCUT2D eigenvalue weighted by molar-refractivity contribution is 5.73. The van der Waals surface area contributed by atoms with Crippen molar-refractivity contribution < 1.29 is 15.0 Å². The smallest absolute Gasteiger partial charge is 0.320 e. The highest BCUT2D eigenvalue weighted by atomic mass is 16.4. The van der Waals surface area contributed by atoms with Gasteiger partial charge in [0.15, 0.2) is 0 Å². The van der Waals surface area contributed by atoms with Crippen LogP contribution in [-0.4, -0.2) is 28.8 Å². The summed E-state index contributed by atoms with van der Waals surface area (Å²) in [6, 6.07) is 8.37. The lowest BCUT2D eigenvalue weighted by Gasteiger charge is -2.21. The molecule has 1 aromatic rings. The molecule has 0 aromatic heterocycles. The normalized spacial score (nSPS) is 14.4. The molecule has 0 aliphatic rings. The predicted octanol–water partition coefficient (Wildman–Crippen LogP) is 1.17. The SMILES string of the molecule is CCC(N[C@H](CO)c1ccccc1)C(=O)O. The van der Waals surface area contributed by atoms with Gasteiger partial charge in [0.1, 0.15) is 6.04 Å². The number of hydrogen-bond donors (Lipinski definition) is 3. The van der Waals surface area contributed by atoms with E-state index in [1.165, 1.54) is 0 Å². The van der Waals surface area contributed by atoms with Crippen molar-refractivity contribution in [3.8, 4) is 0 Å². The molecular weight excluding hydrogens is 206 g/mol. The summed E-state index contributed by atoms with van der Waals surface area (Å²) in [7, 11) is 0. The molecule has 1 unspecified atom stereocenters. The van der Waals surface area contributed by atoms with Gasteiger partial charge in [-0.25, -0.2) is 0 Å². The van der Waals surface area contributed by atoms with Gasteiger partial charge in [-0.3, -0.25) is 10.1 Å². The van der Waals surface area contributed by atoms with E-state index in [0.29, 0.717) is 6.42 Å². The van der Waals surface area contributed by atoms with Crippen molar-refractivity contribution in [1.82, 2.24) is 5.32 Å². The Labute approximate surface area is 94.9 Å². The summed E-state index contributed by atoms with van der Waals surface area (Å²) in [4.78, 5) is 10.9. The largest absolute Gasteiger partial charge is 0.480 e. The number of carboxylic acids is 1. The zero-order valence-corrected chi connectivity index (χ0v) is 9.26. The van der Waals surface area contributed by atoms with Crippen LogP contribution in [0.3, 0.4) is 0 Å². The molecule has 3 N–H and O–H groups in total. The molecular formula is C12H17NO3. The second-order valence-corrected chi connectivity index (χ2v) is 3.61. The first kappa shape index (κ1) is 12.7. The summed E-state index contributed by atoms with van der Waals surface area (Å²) in [6.45, 7) is 1.68. The fraction of sp³-hybridized carbons (Fsp3) is 0.417. The van der Waals surface area contributed by atoms with Gasteiger partial charge in [-0.1, -0.05) is 37.3 Å². The summed E-state index contributed by atoms with van der Waals surface area (Å²) in [5.74, 6) is -0.892. The maximum atomic E-state index is 10.9. The van der Waals surface area contributed by atoms with Gasteiger partial charge < -0.3 is 10.2 Å². The topological polar surface area (TPSA) is 69.6 Å². The Morgan fingerprint density at radius 1 is 1.38 bits per heavy atom. The van der Waals surface area contributed by atoms with Gasteiger partial charge in [0.25, 0.3) is 0 Å². The summed E-state index contributed by atoms with van der Waals surface area (Å²) < 4.78 is 0. The molecule has 88 valence electrons. The summed E-state index contributed by atoms with van der Waals surface area (Å²) >= 11 is 0. The van der Waals surface area contributed by atoms with Gasteiger partial charge >= 0.3 is 5.97 Å². The van der Waals surface area contributed by atoms with Crippen LogP contribution in [-0.2, 0) is 4.79 Å². The van der Waals surface area contributed by atoms with E-state index < -0.39 is 12.0 Å². The molecule has 4 nitrogen and oxygen atoms in total. The zero-order valence-electron chi connectivity index (χ0n) is 9.26. The van der Waals surface area contributed by atoms with Crippen LogP contribution >= 0.6 is 0 Å². The molecule has 0 radical (unpaired) electrons. The van der Waals surface area contributed by atoms with Crippen molar-refractivity contribution in [2.24, 2.45) is 0 Å². The van der Waals surface area contributed by atoms with Crippen LogP contribution in [0.1, 0.15) is 24.9 Å². The molecule has 0 heterocycles. The Hall–Kier alpha value is -1.39. The lowest BCUT2D eigenvalue weighted by Crippen LogP contribution is -2.39. The molecule has 1 aromatic carbocycles. The number of aliphatic hydroxyl groups excluding tert-OH is 1. The van der Waals surface area contributed by atoms with Gasteiger partial charge in [-0.2, -0.15) is 0 Å². The lowest BCUT2D eigenvalue weighted by atomic mass is 10.1. The standard InChI is InChI=1S/C12H17NO3/c1-2-10(12(15)16)13-11(8-14)9-6-4-3-5-7-9/h3-7,10-11,13-14H,2,8H2,1H3,(H,15,16)/t10?,11-/m1/s1. The third-order valence-electron chi connectivity index (χ3n) is 2.49. The Kier molecular flexibility index (Phi) is 4.95. The molecule has 0 fully saturated rings. The first-order valence-corrected chi connectivity index (χ1v) is 5.33. The van der Waals surface area contributed by atoms with E-state index in [1.54, 1.807) is 6.92 Å². The molecule has 2 atom stereocenters. The van der Waals surface area contributed by atoms with Crippen molar-refractivity contribution in [3.63, 3.8) is 0 Å². The minimum absolute atomic E-state index is 0.117. The maximum absolute atomic E-state index is 10.9. The number of nitrogens with one attached hydrogen (secondary N) is 1. The molecule has 0 saturated heterocycles. The number of aliphatic hydroxyl groups is 1. The second kappa shape index (κ2) is 6.25. The first-order valence-electron chi connectivity index (χ1n) is 5.33. The third-order valence-corrected chi connectivity index (χ3v) is 2.49. The number of carboxylic acid groups (broad SMARTS) is 1. The van der Waals surface area contributed by atoms with Crippen LogP contribution in [0, 0.1) is 0 Å². The van der Waals surface area contributed by atoms with Crippen LogP contribution < -0.4 is 5.32 Å². The van der Waals surface area contributed by atoms with Gasteiger partial charge in [0.2, 0.25) is 0 Å². The van der Waals surface area contributed by atoms with Crippen LogP contribution in [0.4, 0.5) is 0 Å². The van der Waals surface area contributed by atoms with E-state index in [2.05, 4.69) is 5.32 Å². The molecule has 0 spiro atoms. The van der Waals surface area contributed by atoms with Crippen LogP contribution in [0.5, 0.6) is 0 Å². The number of aliphatic carboxylic acids is 1. The van der Waals surface area contributed by atoms with Gasteiger partial charge in [0.05, 0.1) is 12.6 Å². The zero-order chi connectivity index (χ0) is 12.0. The van der Waals surface area contributed by atoms with Gasteiger partial charge in [0, 0.05) is 0 Å². The van der Waals surface area contributed by atoms with Crippen LogP contribution in [0.15, 0.2) is 30.3 Å². The molecule has 16 heavy (non-hydrogen) atoms. The minimum Gasteiger partial charge on any atom is -0.480 e. The lowest BCUT2D eigenvalue weighted by molar-refractivity contribution is -0.139. The highest BCUT2D eigenvalue weighted by Gasteiger charge is 2.19. The molecule has 0 aliphatic heterocycles. The molecule has 0 amide bonds. The van der Waals surface area contributed by atoms with Crippen LogP contribution in [0.2, 0.25) is 0 Å². The molecule has 4 heteroatoms. The molecule has 0 saturated carbocycles. The first-order chi connectivity index (χ1) is 7.69. The van der Waals surface area contributed by atoms with Crippen molar-refractivity contribution in [1.29, 1.82) is 0 Å². The van der Waals surface area contributed by atoms with Crippen molar-refractivity contribution in [2.45, 2.75) is 25.4 Å². The third kappa shape index (κ3) is 3.32. The summed E-state index contributed by atoms with van der Waals surface area (Å²) in [5.41, 5.74) is 0.893. The number of hydrogen-bond acceptors (Lipinski definition) is 3. The maximum Gasteiger partial charge on any atom is 0.320 e. The summed E-state index contributed by atoms with van der Waals surface area (Å²) in [5, 5.41) is 21.1. The fourth-order valence-corrected chi connectivity index (χ4v) is 1.55. The summed E-state index contributed by atoms with van der Waals surface area (Å²) in [6.07, 6.45) is 0.485. The van der Waals surface area contributed by atoms with E-state index in [1.807, 2.05) is 30.3 Å². The van der Waals surface area contributed by atoms with E-state index in [4.69, 9.17) is 5.11 Å². The van der Waals surface area contributed by atoms with Gasteiger partial charge in [-0.15, -0.1) is 0 Å². The average molecular weight is 223 g/mol. The fourth-order valence-electron chi connectivity index (χ4n) is 1.55. The van der Waals surface area contributed by atoms with E-state index in [-0.39, 0.29) is 12.6 Å². The molecule has 1 rings (SSSR count). The predicted molar refractivity (Wildman–Crippen MR) is 61.1 cm³/mol. The Morgan fingerprint density at radius 2 is 2.00 bits per heavy atom. The van der Waals surface area contributed by atoms with Crippen molar-refractivity contribution >= 4 is 5.97 Å². The average Bonchev–Trinajstić information content (AvgIpc) is 2.31. The Bertz CT molecular complexity index is 326. The molecule has 0 aliphatic carbocycles. The van der Waals surface area contributed by atoms with Crippen molar-refractivity contribution in [2.75, 3.05) is 6.61 Å². The number of rotatable bonds is 6. The van der Waals surface area contributed by atoms with Crippen molar-refractivity contribution in [3.05, 3.63) is 35.9 Å². The second-order valence-electron chi connectivity index (χ2n) is 3.61. The minimum atomic E-state index is -0.892. The highest BCUT2D eigenvalue weighted by Crippen LogP contribution is 2.13.